The fourth-order valence-corrected chi connectivity index (χ4v) is 0.808. The van der Waals surface area contributed by atoms with Gasteiger partial charge in [0.25, 0.3) is 0 Å². The van der Waals surface area contributed by atoms with Crippen LogP contribution in [0.3, 0.4) is 0 Å². The van der Waals surface area contributed by atoms with E-state index >= 15 is 0 Å². The lowest BCUT2D eigenvalue weighted by atomic mass is 10.3. The molecule has 0 amide bonds. The lowest BCUT2D eigenvalue weighted by Crippen LogP contribution is -2.08. The predicted octanol–water partition coefficient (Wildman–Crippen LogP) is 2.70. The normalized spacial score (nSPS) is 11.2. The summed E-state index contributed by atoms with van der Waals surface area (Å²) in [7, 11) is 0. The molecule has 0 saturated heterocycles. The largest absolute Gasteiger partial charge is 0.423 e. The Hall–Kier alpha value is -1.64. The highest BCUT2D eigenvalue weighted by Gasteiger charge is 2.05. The van der Waals surface area contributed by atoms with E-state index in [0.717, 1.165) is 0 Å². The average molecular weight is 194 g/mol. The van der Waals surface area contributed by atoms with Crippen LogP contribution in [0.5, 0.6) is 5.75 Å². The third-order valence-corrected chi connectivity index (χ3v) is 1.78. The van der Waals surface area contributed by atoms with Crippen molar-refractivity contribution in [2.75, 3.05) is 0 Å². The molecule has 1 aromatic carbocycles. The first-order valence-electron chi connectivity index (χ1n) is 4.24. The van der Waals surface area contributed by atoms with E-state index in [0.29, 0.717) is 11.3 Å². The fourth-order valence-electron chi connectivity index (χ4n) is 0.808. The quantitative estimate of drug-likeness (QED) is 0.411. The summed E-state index contributed by atoms with van der Waals surface area (Å²) in [5, 5.41) is 0. The van der Waals surface area contributed by atoms with Crippen molar-refractivity contribution in [1.29, 1.82) is 0 Å². The summed E-state index contributed by atoms with van der Waals surface area (Å²) in [6.45, 7) is 3.41. The highest BCUT2D eigenvalue weighted by molar-refractivity contribution is 5.89. The molecule has 74 valence electrons. The van der Waals surface area contributed by atoms with Crippen molar-refractivity contribution >= 4 is 5.97 Å². The Morgan fingerprint density at radius 1 is 1.36 bits per heavy atom. The van der Waals surface area contributed by atoms with Gasteiger partial charge < -0.3 is 4.74 Å². The second kappa shape index (κ2) is 4.56. The van der Waals surface area contributed by atoms with Crippen LogP contribution < -0.4 is 4.74 Å². The highest BCUT2D eigenvalue weighted by atomic mass is 19.1. The summed E-state index contributed by atoms with van der Waals surface area (Å²) in [4.78, 5) is 11.2. The van der Waals surface area contributed by atoms with Crippen LogP contribution in [0.4, 0.5) is 4.39 Å². The van der Waals surface area contributed by atoms with Crippen LogP contribution >= 0.6 is 0 Å². The second-order valence-electron chi connectivity index (χ2n) is 2.82. The topological polar surface area (TPSA) is 26.3 Å². The van der Waals surface area contributed by atoms with E-state index in [1.807, 2.05) is 0 Å². The van der Waals surface area contributed by atoms with Crippen LogP contribution in [0.25, 0.3) is 0 Å². The number of halogens is 1. The molecule has 0 aliphatic carbocycles. The number of allylic oxidation sites excluding steroid dienone is 1. The Balaban J connectivity index is 2.70. The number of esters is 1. The Morgan fingerprint density at radius 3 is 2.43 bits per heavy atom. The molecular formula is C11H11FO2. The van der Waals surface area contributed by atoms with E-state index < -0.39 is 5.97 Å². The molecule has 14 heavy (non-hydrogen) atoms. The zero-order chi connectivity index (χ0) is 10.6. The molecule has 0 aliphatic rings. The molecular weight excluding hydrogens is 183 g/mol. The molecule has 0 fully saturated rings. The van der Waals surface area contributed by atoms with Crippen molar-refractivity contribution in [2.45, 2.75) is 13.8 Å². The first-order valence-corrected chi connectivity index (χ1v) is 4.24. The molecule has 1 rings (SSSR count). The third kappa shape index (κ3) is 2.69. The van der Waals surface area contributed by atoms with Gasteiger partial charge in [0.1, 0.15) is 11.6 Å². The van der Waals surface area contributed by atoms with Gasteiger partial charge in [-0.15, -0.1) is 0 Å². The molecule has 2 nitrogen and oxygen atoms in total. The molecule has 0 radical (unpaired) electrons. The summed E-state index contributed by atoms with van der Waals surface area (Å²) >= 11 is 0. The zero-order valence-electron chi connectivity index (χ0n) is 8.08. The highest BCUT2D eigenvalue weighted by Crippen LogP contribution is 2.12. The summed E-state index contributed by atoms with van der Waals surface area (Å²) in [5.41, 5.74) is 0.523. The number of carbonyl (C=O) groups is 1. The first-order chi connectivity index (χ1) is 6.63. The SMILES string of the molecule is CC=C(C)C(=O)Oc1ccc(F)cc1. The second-order valence-corrected chi connectivity index (χ2v) is 2.82. The smallest absolute Gasteiger partial charge is 0.338 e. The first kappa shape index (κ1) is 10.4. The van der Waals surface area contributed by atoms with Gasteiger partial charge in [0.15, 0.2) is 0 Å². The van der Waals surface area contributed by atoms with Crippen molar-refractivity contribution in [3.63, 3.8) is 0 Å². The van der Waals surface area contributed by atoms with Crippen molar-refractivity contribution in [1.82, 2.24) is 0 Å². The molecule has 0 saturated carbocycles. The predicted molar refractivity (Wildman–Crippen MR) is 51.5 cm³/mol. The van der Waals surface area contributed by atoms with Gasteiger partial charge in [-0.25, -0.2) is 9.18 Å². The lowest BCUT2D eigenvalue weighted by molar-refractivity contribution is -0.130. The van der Waals surface area contributed by atoms with Gasteiger partial charge in [0.2, 0.25) is 0 Å². The molecule has 0 bridgehead atoms. The molecule has 0 heterocycles. The van der Waals surface area contributed by atoms with Crippen molar-refractivity contribution < 1.29 is 13.9 Å². The maximum absolute atomic E-state index is 12.5. The molecule has 0 unspecified atom stereocenters. The van der Waals surface area contributed by atoms with Crippen LogP contribution in [0.2, 0.25) is 0 Å². The molecule has 1 aromatic rings. The lowest BCUT2D eigenvalue weighted by Gasteiger charge is -2.03. The van der Waals surface area contributed by atoms with E-state index in [2.05, 4.69) is 0 Å². The summed E-state index contributed by atoms with van der Waals surface area (Å²) < 4.78 is 17.4. The van der Waals surface area contributed by atoms with Crippen LogP contribution in [0.1, 0.15) is 13.8 Å². The summed E-state index contributed by atoms with van der Waals surface area (Å²) in [6, 6.07) is 5.31. The van der Waals surface area contributed by atoms with Crippen LogP contribution in [-0.4, -0.2) is 5.97 Å². The van der Waals surface area contributed by atoms with Gasteiger partial charge in [-0.3, -0.25) is 0 Å². The molecule has 0 aromatic heterocycles. The molecule has 0 atom stereocenters. The fraction of sp³-hybridized carbons (Fsp3) is 0.182. The Labute approximate surface area is 82.0 Å². The Kier molecular flexibility index (Phi) is 3.40. The van der Waals surface area contributed by atoms with Crippen molar-refractivity contribution in [3.8, 4) is 5.75 Å². The molecule has 0 spiro atoms. The number of benzene rings is 1. The van der Waals surface area contributed by atoms with E-state index in [-0.39, 0.29) is 5.82 Å². The van der Waals surface area contributed by atoms with Gasteiger partial charge in [-0.1, -0.05) is 6.08 Å². The monoisotopic (exact) mass is 194 g/mol. The van der Waals surface area contributed by atoms with E-state index in [1.165, 1.54) is 24.3 Å². The van der Waals surface area contributed by atoms with Gasteiger partial charge in [-0.2, -0.15) is 0 Å². The van der Waals surface area contributed by atoms with E-state index in [4.69, 9.17) is 4.74 Å². The Bertz CT molecular complexity index is 352. The molecule has 3 heteroatoms. The number of carbonyl (C=O) groups excluding carboxylic acids is 1. The van der Waals surface area contributed by atoms with Crippen LogP contribution in [-0.2, 0) is 4.79 Å². The van der Waals surface area contributed by atoms with Gasteiger partial charge >= 0.3 is 5.97 Å². The van der Waals surface area contributed by atoms with Gasteiger partial charge in [-0.05, 0) is 38.1 Å². The van der Waals surface area contributed by atoms with E-state index in [9.17, 15) is 9.18 Å². The Morgan fingerprint density at radius 2 is 1.93 bits per heavy atom. The van der Waals surface area contributed by atoms with E-state index in [1.54, 1.807) is 19.9 Å². The third-order valence-electron chi connectivity index (χ3n) is 1.78. The molecule has 0 N–H and O–H groups in total. The maximum Gasteiger partial charge on any atom is 0.338 e. The molecule has 0 aliphatic heterocycles. The number of hydrogen-bond acceptors (Lipinski definition) is 2. The number of rotatable bonds is 2. The minimum Gasteiger partial charge on any atom is -0.423 e. The summed E-state index contributed by atoms with van der Waals surface area (Å²) in [6.07, 6.45) is 1.66. The van der Waals surface area contributed by atoms with Crippen molar-refractivity contribution in [2.24, 2.45) is 0 Å². The number of ether oxygens (including phenoxy) is 1. The van der Waals surface area contributed by atoms with Crippen molar-refractivity contribution in [3.05, 3.63) is 41.7 Å². The summed E-state index contributed by atoms with van der Waals surface area (Å²) in [5.74, 6) is -0.427. The minimum absolute atomic E-state index is 0.345. The average Bonchev–Trinajstić information content (AvgIpc) is 2.20. The standard InChI is InChI=1S/C11H11FO2/c1-3-8(2)11(13)14-10-6-4-9(12)5-7-10/h3-7H,1-2H3. The van der Waals surface area contributed by atoms with Gasteiger partial charge in [0, 0.05) is 5.57 Å². The van der Waals surface area contributed by atoms with Crippen LogP contribution in [0, 0.1) is 5.82 Å². The maximum atomic E-state index is 12.5. The number of hydrogen-bond donors (Lipinski definition) is 0. The zero-order valence-corrected chi connectivity index (χ0v) is 8.08. The minimum atomic E-state index is -0.417. The van der Waals surface area contributed by atoms with Gasteiger partial charge in [0.05, 0.1) is 0 Å². The van der Waals surface area contributed by atoms with Crippen LogP contribution in [0.15, 0.2) is 35.9 Å².